The summed E-state index contributed by atoms with van der Waals surface area (Å²) in [7, 11) is 0. The number of nitrogens with one attached hydrogen (secondary N) is 2. The van der Waals surface area contributed by atoms with E-state index in [0.29, 0.717) is 11.3 Å². The van der Waals surface area contributed by atoms with E-state index in [9.17, 15) is 19.5 Å². The number of carbonyl (C=O) groups is 3. The van der Waals surface area contributed by atoms with Crippen LogP contribution >= 0.6 is 0 Å². The summed E-state index contributed by atoms with van der Waals surface area (Å²) in [5.74, 6) is -1.01. The number of aliphatic hydroxyl groups is 1. The lowest BCUT2D eigenvalue weighted by atomic mass is 9.92. The molecular weight excluding hydrogens is 470 g/mol. The Morgan fingerprint density at radius 2 is 1.57 bits per heavy atom. The number of alkyl carbamates (subject to hydrolysis) is 1. The average molecular weight is 512 g/mol. The summed E-state index contributed by atoms with van der Waals surface area (Å²) in [6.07, 6.45) is -0.832. The van der Waals surface area contributed by atoms with E-state index in [1.54, 1.807) is 26.8 Å². The number of benzene rings is 2. The second-order valence-corrected chi connectivity index (χ2v) is 11.3. The Kier molecular flexibility index (Phi) is 9.49. The number of para-hydroxylation sites is 1. The van der Waals surface area contributed by atoms with Gasteiger partial charge in [0.2, 0.25) is 5.91 Å². The van der Waals surface area contributed by atoms with Gasteiger partial charge in [-0.25, -0.2) is 4.79 Å². The Morgan fingerprint density at radius 1 is 0.946 bits per heavy atom. The van der Waals surface area contributed by atoms with Gasteiger partial charge in [-0.05, 0) is 85.1 Å². The number of rotatable bonds is 7. The van der Waals surface area contributed by atoms with Crippen molar-refractivity contribution in [2.24, 2.45) is 0 Å². The quantitative estimate of drug-likeness (QED) is 0.495. The normalized spacial score (nSPS) is 13.4. The van der Waals surface area contributed by atoms with E-state index in [-0.39, 0.29) is 0 Å². The standard InChI is InChI=1S/C29H41N3O5/c1-18-14-15-19(2)21(16-18)24(25(34)30-22-13-11-10-12-20(22)3)32(28(4,5)6)26(35)23(17-33)31-27(36)37-29(7,8)9/h10-16,23-24,33H,17H2,1-9H3,(H,30,34)(H,31,36). The molecule has 8 heteroatoms. The second-order valence-electron chi connectivity index (χ2n) is 11.3. The van der Waals surface area contributed by atoms with Gasteiger partial charge >= 0.3 is 6.09 Å². The number of aryl methyl sites for hydroxylation is 3. The number of carbonyl (C=O) groups excluding carboxylic acids is 3. The summed E-state index contributed by atoms with van der Waals surface area (Å²) in [4.78, 5) is 41.8. The van der Waals surface area contributed by atoms with Crippen LogP contribution in [0.1, 0.15) is 69.8 Å². The molecule has 0 aromatic heterocycles. The molecule has 0 aliphatic rings. The molecule has 0 bridgehead atoms. The molecule has 0 aliphatic heterocycles. The Balaban J connectivity index is 2.60. The highest BCUT2D eigenvalue weighted by Crippen LogP contribution is 2.33. The van der Waals surface area contributed by atoms with Gasteiger partial charge in [-0.3, -0.25) is 9.59 Å². The second kappa shape index (κ2) is 11.8. The van der Waals surface area contributed by atoms with Crippen LogP contribution < -0.4 is 10.6 Å². The molecule has 8 nitrogen and oxygen atoms in total. The fourth-order valence-electron chi connectivity index (χ4n) is 4.01. The SMILES string of the molecule is Cc1ccc(C)c(C(C(=O)Nc2ccccc2C)N(C(=O)C(CO)NC(=O)OC(C)(C)C)C(C)(C)C)c1. The largest absolute Gasteiger partial charge is 0.444 e. The minimum atomic E-state index is -1.31. The molecule has 0 spiro atoms. The van der Waals surface area contributed by atoms with Crippen LogP contribution in [0.2, 0.25) is 0 Å². The third kappa shape index (κ3) is 8.05. The minimum Gasteiger partial charge on any atom is -0.444 e. The highest BCUT2D eigenvalue weighted by atomic mass is 16.6. The zero-order valence-electron chi connectivity index (χ0n) is 23.4. The van der Waals surface area contributed by atoms with Gasteiger partial charge in [-0.15, -0.1) is 0 Å². The van der Waals surface area contributed by atoms with Crippen molar-refractivity contribution in [3.05, 3.63) is 64.7 Å². The number of nitrogens with zero attached hydrogens (tertiary/aromatic N) is 1. The molecule has 37 heavy (non-hydrogen) atoms. The van der Waals surface area contributed by atoms with Crippen molar-refractivity contribution in [3.8, 4) is 0 Å². The van der Waals surface area contributed by atoms with E-state index in [1.165, 1.54) is 4.90 Å². The Hall–Kier alpha value is -3.39. The van der Waals surface area contributed by atoms with Gasteiger partial charge in [0, 0.05) is 11.2 Å². The van der Waals surface area contributed by atoms with Crippen molar-refractivity contribution in [3.63, 3.8) is 0 Å². The summed E-state index contributed by atoms with van der Waals surface area (Å²) in [5, 5.41) is 15.6. The van der Waals surface area contributed by atoms with Gasteiger partial charge in [-0.2, -0.15) is 0 Å². The van der Waals surface area contributed by atoms with E-state index < -0.39 is 47.7 Å². The molecule has 0 saturated carbocycles. The molecule has 3 amide bonds. The van der Waals surface area contributed by atoms with Gasteiger partial charge in [0.1, 0.15) is 17.7 Å². The molecule has 0 heterocycles. The lowest BCUT2D eigenvalue weighted by molar-refractivity contribution is -0.147. The van der Waals surface area contributed by atoms with Crippen LogP contribution in [0.15, 0.2) is 42.5 Å². The molecule has 0 radical (unpaired) electrons. The van der Waals surface area contributed by atoms with Crippen LogP contribution in [0.3, 0.4) is 0 Å². The zero-order valence-corrected chi connectivity index (χ0v) is 23.4. The third-order valence-corrected chi connectivity index (χ3v) is 5.77. The van der Waals surface area contributed by atoms with Gasteiger partial charge in [0.15, 0.2) is 0 Å². The molecule has 2 aromatic rings. The first-order valence-electron chi connectivity index (χ1n) is 12.4. The number of aliphatic hydroxyl groups excluding tert-OH is 1. The molecule has 2 unspecified atom stereocenters. The first-order valence-corrected chi connectivity index (χ1v) is 12.4. The monoisotopic (exact) mass is 511 g/mol. The smallest absolute Gasteiger partial charge is 0.408 e. The first kappa shape index (κ1) is 29.8. The molecule has 2 atom stereocenters. The Morgan fingerprint density at radius 3 is 2.11 bits per heavy atom. The maximum Gasteiger partial charge on any atom is 0.408 e. The Labute approximate surface area is 220 Å². The van der Waals surface area contributed by atoms with Gasteiger partial charge in [-0.1, -0.05) is 42.0 Å². The minimum absolute atomic E-state index is 0.403. The molecule has 3 N–H and O–H groups in total. The van der Waals surface area contributed by atoms with Crippen molar-refractivity contribution < 1.29 is 24.2 Å². The lowest BCUT2D eigenvalue weighted by Gasteiger charge is -2.43. The van der Waals surface area contributed by atoms with E-state index >= 15 is 0 Å². The molecule has 0 saturated heterocycles. The average Bonchev–Trinajstić information content (AvgIpc) is 2.76. The molecular formula is C29H41N3O5. The summed E-state index contributed by atoms with van der Waals surface area (Å²) in [6, 6.07) is 10.8. The van der Waals surface area contributed by atoms with E-state index in [1.807, 2.05) is 77.9 Å². The Bertz CT molecular complexity index is 1130. The van der Waals surface area contributed by atoms with Crippen LogP contribution in [-0.2, 0) is 14.3 Å². The molecule has 0 fully saturated rings. The molecule has 202 valence electrons. The first-order chi connectivity index (χ1) is 17.0. The van der Waals surface area contributed by atoms with Crippen LogP contribution in [-0.4, -0.2) is 51.7 Å². The fourth-order valence-corrected chi connectivity index (χ4v) is 4.01. The number of ether oxygens (including phenoxy) is 1. The summed E-state index contributed by atoms with van der Waals surface area (Å²) < 4.78 is 5.29. The summed E-state index contributed by atoms with van der Waals surface area (Å²) >= 11 is 0. The maximum absolute atomic E-state index is 14.0. The third-order valence-electron chi connectivity index (χ3n) is 5.77. The number of amides is 3. The summed E-state index contributed by atoms with van der Waals surface area (Å²) in [5.41, 5.74) is 2.29. The fraction of sp³-hybridized carbons (Fsp3) is 0.483. The number of hydrogen-bond donors (Lipinski definition) is 3. The topological polar surface area (TPSA) is 108 Å². The van der Waals surface area contributed by atoms with Gasteiger partial charge in [0.05, 0.1) is 6.61 Å². The maximum atomic E-state index is 14.0. The van der Waals surface area contributed by atoms with Crippen LogP contribution in [0.5, 0.6) is 0 Å². The highest BCUT2D eigenvalue weighted by molar-refractivity contribution is 6.00. The number of anilines is 1. The van der Waals surface area contributed by atoms with Gasteiger partial charge in [0.25, 0.3) is 5.91 Å². The van der Waals surface area contributed by atoms with Crippen molar-refractivity contribution in [1.29, 1.82) is 0 Å². The molecule has 2 rings (SSSR count). The zero-order chi connectivity index (χ0) is 28.1. The predicted molar refractivity (Wildman–Crippen MR) is 145 cm³/mol. The van der Waals surface area contributed by atoms with Crippen LogP contribution in [0.4, 0.5) is 10.5 Å². The highest BCUT2D eigenvalue weighted by Gasteiger charge is 2.42. The van der Waals surface area contributed by atoms with E-state index in [2.05, 4.69) is 10.6 Å². The predicted octanol–water partition coefficient (Wildman–Crippen LogP) is 4.80. The number of hydrogen-bond acceptors (Lipinski definition) is 5. The van der Waals surface area contributed by atoms with Crippen LogP contribution in [0.25, 0.3) is 0 Å². The molecule has 0 aliphatic carbocycles. The van der Waals surface area contributed by atoms with E-state index in [0.717, 1.165) is 16.7 Å². The van der Waals surface area contributed by atoms with Crippen molar-refractivity contribution in [2.75, 3.05) is 11.9 Å². The lowest BCUT2D eigenvalue weighted by Crippen LogP contribution is -2.59. The van der Waals surface area contributed by atoms with Crippen molar-refractivity contribution in [1.82, 2.24) is 10.2 Å². The van der Waals surface area contributed by atoms with E-state index in [4.69, 9.17) is 4.74 Å². The van der Waals surface area contributed by atoms with Gasteiger partial charge < -0.3 is 25.4 Å². The molecule has 2 aromatic carbocycles. The van der Waals surface area contributed by atoms with Crippen molar-refractivity contribution in [2.45, 2.75) is 85.5 Å². The van der Waals surface area contributed by atoms with Crippen LogP contribution in [0, 0.1) is 20.8 Å². The van der Waals surface area contributed by atoms with Crippen molar-refractivity contribution >= 4 is 23.6 Å². The summed E-state index contributed by atoms with van der Waals surface area (Å²) in [6.45, 7) is 15.6.